The average Bonchev–Trinajstić information content (AvgIpc) is 2.46. The van der Waals surface area contributed by atoms with Crippen LogP contribution in [0, 0.1) is 0 Å². The van der Waals surface area contributed by atoms with E-state index in [0.717, 1.165) is 21.5 Å². The largest absolute Gasteiger partial charge is 0.496 e. The summed E-state index contributed by atoms with van der Waals surface area (Å²) in [5.41, 5.74) is 8.26. The van der Waals surface area contributed by atoms with E-state index in [1.165, 1.54) is 10.5 Å². The Labute approximate surface area is 132 Å². The maximum Gasteiger partial charge on any atom is 0.122 e. The maximum absolute atomic E-state index is 5.95. The summed E-state index contributed by atoms with van der Waals surface area (Å²) in [7, 11) is 1.70. The normalized spacial score (nSPS) is 12.2. The first-order valence-corrected chi connectivity index (χ1v) is 8.19. The molecule has 106 valence electrons. The molecule has 0 radical (unpaired) electrons. The quantitative estimate of drug-likeness (QED) is 0.788. The van der Waals surface area contributed by atoms with Crippen LogP contribution >= 0.6 is 27.7 Å². The van der Waals surface area contributed by atoms with Gasteiger partial charge in [-0.1, -0.05) is 22.0 Å². The number of benzene rings is 2. The van der Waals surface area contributed by atoms with E-state index in [1.54, 1.807) is 18.9 Å². The molecular formula is C16H18BrNOS. The summed E-state index contributed by atoms with van der Waals surface area (Å²) in [6.45, 7) is 1.99. The molecule has 0 saturated heterocycles. The fraction of sp³-hybridized carbons (Fsp3) is 0.250. The minimum Gasteiger partial charge on any atom is -0.496 e. The molecule has 0 spiro atoms. The van der Waals surface area contributed by atoms with Crippen molar-refractivity contribution in [2.45, 2.75) is 23.6 Å². The van der Waals surface area contributed by atoms with Crippen LogP contribution in [0.5, 0.6) is 5.75 Å². The monoisotopic (exact) mass is 351 g/mol. The third-order valence-corrected chi connectivity index (χ3v) is 4.63. The van der Waals surface area contributed by atoms with Crippen molar-refractivity contribution in [1.82, 2.24) is 0 Å². The number of nitrogens with two attached hydrogens (primary N) is 1. The number of rotatable bonds is 5. The number of methoxy groups -OCH3 is 1. The van der Waals surface area contributed by atoms with Crippen molar-refractivity contribution in [3.63, 3.8) is 0 Å². The van der Waals surface area contributed by atoms with Gasteiger partial charge in [0.25, 0.3) is 0 Å². The van der Waals surface area contributed by atoms with E-state index in [4.69, 9.17) is 10.5 Å². The number of hydrogen-bond acceptors (Lipinski definition) is 3. The molecule has 20 heavy (non-hydrogen) atoms. The van der Waals surface area contributed by atoms with E-state index in [2.05, 4.69) is 46.3 Å². The number of hydrogen-bond donors (Lipinski definition) is 1. The van der Waals surface area contributed by atoms with Crippen molar-refractivity contribution in [2.75, 3.05) is 7.11 Å². The standard InChI is InChI=1S/C16H18BrNOS/c1-11(18)12-3-8-16(19-2)13(9-12)10-20-15-6-4-14(17)5-7-15/h3-9,11H,10,18H2,1-2H3. The lowest BCUT2D eigenvalue weighted by Crippen LogP contribution is -2.05. The SMILES string of the molecule is COc1ccc(C(C)N)cc1CSc1ccc(Br)cc1. The van der Waals surface area contributed by atoms with Gasteiger partial charge in [0.15, 0.2) is 0 Å². The molecule has 1 atom stereocenters. The highest BCUT2D eigenvalue weighted by Gasteiger charge is 2.07. The number of halogens is 1. The first kappa shape index (κ1) is 15.4. The van der Waals surface area contributed by atoms with Crippen LogP contribution in [-0.2, 0) is 5.75 Å². The lowest BCUT2D eigenvalue weighted by atomic mass is 10.1. The molecule has 2 nitrogen and oxygen atoms in total. The van der Waals surface area contributed by atoms with Crippen molar-refractivity contribution in [2.24, 2.45) is 5.73 Å². The Kier molecular flexibility index (Phi) is 5.52. The topological polar surface area (TPSA) is 35.2 Å². The van der Waals surface area contributed by atoms with Gasteiger partial charge in [-0.2, -0.15) is 0 Å². The lowest BCUT2D eigenvalue weighted by Gasteiger charge is -2.12. The van der Waals surface area contributed by atoms with E-state index < -0.39 is 0 Å². The van der Waals surface area contributed by atoms with Crippen molar-refractivity contribution in [3.8, 4) is 5.75 Å². The van der Waals surface area contributed by atoms with Crippen LogP contribution in [0.25, 0.3) is 0 Å². The van der Waals surface area contributed by atoms with Crippen LogP contribution in [0.2, 0.25) is 0 Å². The summed E-state index contributed by atoms with van der Waals surface area (Å²) in [4.78, 5) is 1.24. The molecule has 0 aliphatic heterocycles. The Hall–Kier alpha value is -0.970. The van der Waals surface area contributed by atoms with Gasteiger partial charge in [0.2, 0.25) is 0 Å². The summed E-state index contributed by atoms with van der Waals surface area (Å²) in [5, 5.41) is 0. The molecule has 0 aromatic heterocycles. The van der Waals surface area contributed by atoms with Crippen LogP contribution < -0.4 is 10.5 Å². The summed E-state index contributed by atoms with van der Waals surface area (Å²) in [5.74, 6) is 1.78. The predicted octanol–water partition coefficient (Wildman–Crippen LogP) is 4.77. The average molecular weight is 352 g/mol. The second-order valence-corrected chi connectivity index (χ2v) is 6.57. The molecule has 0 aliphatic carbocycles. The van der Waals surface area contributed by atoms with Gasteiger partial charge in [0.05, 0.1) is 7.11 Å². The smallest absolute Gasteiger partial charge is 0.122 e. The third kappa shape index (κ3) is 4.01. The van der Waals surface area contributed by atoms with E-state index in [1.807, 2.05) is 19.1 Å². The molecule has 1 unspecified atom stereocenters. The van der Waals surface area contributed by atoms with E-state index in [9.17, 15) is 0 Å². The van der Waals surface area contributed by atoms with E-state index in [-0.39, 0.29) is 6.04 Å². The zero-order valence-corrected chi connectivity index (χ0v) is 14.0. The molecule has 0 saturated carbocycles. The highest BCUT2D eigenvalue weighted by atomic mass is 79.9. The molecule has 2 aromatic rings. The Balaban J connectivity index is 2.14. The van der Waals surface area contributed by atoms with Gasteiger partial charge < -0.3 is 10.5 Å². The fourth-order valence-corrected chi connectivity index (χ4v) is 3.03. The van der Waals surface area contributed by atoms with Crippen LogP contribution in [0.15, 0.2) is 51.8 Å². The molecule has 0 amide bonds. The lowest BCUT2D eigenvalue weighted by molar-refractivity contribution is 0.411. The molecule has 0 heterocycles. The van der Waals surface area contributed by atoms with Crippen LogP contribution in [0.1, 0.15) is 24.1 Å². The minimum atomic E-state index is 0.0392. The number of ether oxygens (including phenoxy) is 1. The van der Waals surface area contributed by atoms with E-state index in [0.29, 0.717) is 0 Å². The van der Waals surface area contributed by atoms with Gasteiger partial charge in [-0.05, 0) is 48.9 Å². The Morgan fingerprint density at radius 3 is 2.50 bits per heavy atom. The van der Waals surface area contributed by atoms with Crippen molar-refractivity contribution in [1.29, 1.82) is 0 Å². The van der Waals surface area contributed by atoms with E-state index >= 15 is 0 Å². The summed E-state index contributed by atoms with van der Waals surface area (Å²) >= 11 is 5.24. The van der Waals surface area contributed by atoms with Crippen molar-refractivity contribution in [3.05, 3.63) is 58.1 Å². The van der Waals surface area contributed by atoms with Crippen molar-refractivity contribution >= 4 is 27.7 Å². The Morgan fingerprint density at radius 2 is 1.90 bits per heavy atom. The van der Waals surface area contributed by atoms with Crippen LogP contribution in [0.3, 0.4) is 0 Å². The van der Waals surface area contributed by atoms with Gasteiger partial charge in [-0.25, -0.2) is 0 Å². The molecule has 0 aliphatic rings. The molecule has 2 N–H and O–H groups in total. The van der Waals surface area contributed by atoms with Gasteiger partial charge in [-0.3, -0.25) is 0 Å². The first-order valence-electron chi connectivity index (χ1n) is 6.41. The molecular weight excluding hydrogens is 334 g/mol. The van der Waals surface area contributed by atoms with Crippen molar-refractivity contribution < 1.29 is 4.74 Å². The van der Waals surface area contributed by atoms with Gasteiger partial charge in [0, 0.05) is 26.7 Å². The zero-order valence-electron chi connectivity index (χ0n) is 11.6. The second-order valence-electron chi connectivity index (χ2n) is 4.60. The zero-order chi connectivity index (χ0) is 14.5. The van der Waals surface area contributed by atoms with Gasteiger partial charge >= 0.3 is 0 Å². The Morgan fingerprint density at radius 1 is 1.20 bits per heavy atom. The Bertz CT molecular complexity index is 569. The van der Waals surface area contributed by atoms with Crippen LogP contribution in [0.4, 0.5) is 0 Å². The molecule has 2 aromatic carbocycles. The fourth-order valence-electron chi connectivity index (χ4n) is 1.89. The highest BCUT2D eigenvalue weighted by molar-refractivity contribution is 9.10. The molecule has 4 heteroatoms. The number of thioether (sulfide) groups is 1. The maximum atomic E-state index is 5.95. The molecule has 0 fully saturated rings. The summed E-state index contributed by atoms with van der Waals surface area (Å²) in [6.07, 6.45) is 0. The first-order chi connectivity index (χ1) is 9.60. The predicted molar refractivity (Wildman–Crippen MR) is 89.3 cm³/mol. The second kappa shape index (κ2) is 7.16. The minimum absolute atomic E-state index is 0.0392. The van der Waals surface area contributed by atoms with Gasteiger partial charge in [0.1, 0.15) is 5.75 Å². The summed E-state index contributed by atoms with van der Waals surface area (Å²) < 4.78 is 6.52. The molecule has 0 bridgehead atoms. The summed E-state index contributed by atoms with van der Waals surface area (Å²) in [6, 6.07) is 14.5. The van der Waals surface area contributed by atoms with Gasteiger partial charge in [-0.15, -0.1) is 11.8 Å². The highest BCUT2D eigenvalue weighted by Crippen LogP contribution is 2.30. The van der Waals surface area contributed by atoms with Crippen LogP contribution in [-0.4, -0.2) is 7.11 Å². The third-order valence-electron chi connectivity index (χ3n) is 3.04. The molecule has 2 rings (SSSR count).